The third kappa shape index (κ3) is 1.64. The van der Waals surface area contributed by atoms with Crippen LogP contribution < -0.4 is 0 Å². The summed E-state index contributed by atoms with van der Waals surface area (Å²) >= 11 is 0. The Morgan fingerprint density at radius 1 is 1.60 bits per heavy atom. The zero-order valence-electron chi connectivity index (χ0n) is 6.78. The SMILES string of the molecule is C#CC1=CCC(C)(C)CC1. The van der Waals surface area contributed by atoms with E-state index < -0.39 is 0 Å². The van der Waals surface area contributed by atoms with Gasteiger partial charge in [0.2, 0.25) is 0 Å². The highest BCUT2D eigenvalue weighted by atomic mass is 14.2. The zero-order valence-corrected chi connectivity index (χ0v) is 6.78. The van der Waals surface area contributed by atoms with Crippen molar-refractivity contribution in [1.82, 2.24) is 0 Å². The standard InChI is InChI=1S/C10H14/c1-4-9-5-7-10(2,3)8-6-9/h1,5H,6-8H2,2-3H3. The third-order valence-corrected chi connectivity index (χ3v) is 2.16. The molecule has 0 saturated carbocycles. The molecule has 0 fully saturated rings. The Labute approximate surface area is 63.3 Å². The molecule has 0 aromatic rings. The van der Waals surface area contributed by atoms with Crippen molar-refractivity contribution in [2.75, 3.05) is 0 Å². The van der Waals surface area contributed by atoms with Gasteiger partial charge in [-0.1, -0.05) is 25.8 Å². The molecule has 0 heteroatoms. The highest BCUT2D eigenvalue weighted by Gasteiger charge is 2.20. The summed E-state index contributed by atoms with van der Waals surface area (Å²) in [4.78, 5) is 0. The van der Waals surface area contributed by atoms with Gasteiger partial charge in [0.05, 0.1) is 0 Å². The zero-order chi connectivity index (χ0) is 7.61. The van der Waals surface area contributed by atoms with Gasteiger partial charge in [0.25, 0.3) is 0 Å². The van der Waals surface area contributed by atoms with Gasteiger partial charge in [0.1, 0.15) is 0 Å². The minimum Gasteiger partial charge on any atom is -0.115 e. The van der Waals surface area contributed by atoms with Crippen LogP contribution in [0.3, 0.4) is 0 Å². The fourth-order valence-corrected chi connectivity index (χ4v) is 1.21. The maximum Gasteiger partial charge on any atom is -0.00219 e. The molecule has 0 atom stereocenters. The van der Waals surface area contributed by atoms with Crippen LogP contribution in [0.5, 0.6) is 0 Å². The van der Waals surface area contributed by atoms with Crippen LogP contribution in [0, 0.1) is 17.8 Å². The monoisotopic (exact) mass is 134 g/mol. The quantitative estimate of drug-likeness (QED) is 0.447. The number of rotatable bonds is 0. The van der Waals surface area contributed by atoms with Crippen molar-refractivity contribution in [1.29, 1.82) is 0 Å². The second-order valence-electron chi connectivity index (χ2n) is 3.74. The van der Waals surface area contributed by atoms with E-state index in [-0.39, 0.29) is 0 Å². The van der Waals surface area contributed by atoms with Crippen molar-refractivity contribution in [3.8, 4) is 12.3 Å². The van der Waals surface area contributed by atoms with Crippen LogP contribution in [0.1, 0.15) is 33.1 Å². The average molecular weight is 134 g/mol. The largest absolute Gasteiger partial charge is 0.115 e. The van der Waals surface area contributed by atoms with Crippen molar-refractivity contribution >= 4 is 0 Å². The molecule has 1 aliphatic rings. The van der Waals surface area contributed by atoms with Crippen molar-refractivity contribution in [3.05, 3.63) is 11.6 Å². The van der Waals surface area contributed by atoms with Crippen molar-refractivity contribution < 1.29 is 0 Å². The summed E-state index contributed by atoms with van der Waals surface area (Å²) in [7, 11) is 0. The first-order chi connectivity index (χ1) is 4.64. The number of allylic oxidation sites excluding steroid dienone is 2. The third-order valence-electron chi connectivity index (χ3n) is 2.16. The van der Waals surface area contributed by atoms with Gasteiger partial charge in [-0.3, -0.25) is 0 Å². The Morgan fingerprint density at radius 3 is 2.70 bits per heavy atom. The lowest BCUT2D eigenvalue weighted by atomic mass is 9.78. The highest BCUT2D eigenvalue weighted by molar-refractivity contribution is 5.27. The Kier molecular flexibility index (Phi) is 1.85. The molecule has 0 bridgehead atoms. The Bertz CT molecular complexity index is 189. The van der Waals surface area contributed by atoms with Gasteiger partial charge < -0.3 is 0 Å². The molecule has 0 aliphatic heterocycles. The summed E-state index contributed by atoms with van der Waals surface area (Å²) in [5.41, 5.74) is 1.68. The van der Waals surface area contributed by atoms with Crippen LogP contribution in [-0.2, 0) is 0 Å². The van der Waals surface area contributed by atoms with Crippen LogP contribution in [-0.4, -0.2) is 0 Å². The summed E-state index contributed by atoms with van der Waals surface area (Å²) in [6.07, 6.45) is 11.0. The van der Waals surface area contributed by atoms with E-state index in [0.717, 1.165) is 12.8 Å². The van der Waals surface area contributed by atoms with Crippen LogP contribution >= 0.6 is 0 Å². The fourth-order valence-electron chi connectivity index (χ4n) is 1.21. The molecule has 0 nitrogen and oxygen atoms in total. The molecule has 0 N–H and O–H groups in total. The molecule has 10 heavy (non-hydrogen) atoms. The summed E-state index contributed by atoms with van der Waals surface area (Å²) in [5.74, 6) is 2.70. The molecule has 0 spiro atoms. The highest BCUT2D eigenvalue weighted by Crippen LogP contribution is 2.33. The van der Waals surface area contributed by atoms with Crippen LogP contribution in [0.4, 0.5) is 0 Å². The lowest BCUT2D eigenvalue weighted by molar-refractivity contribution is 0.327. The number of hydrogen-bond donors (Lipinski definition) is 0. The van der Waals surface area contributed by atoms with E-state index in [1.165, 1.54) is 12.0 Å². The normalized spacial score (nSPS) is 23.1. The maximum atomic E-state index is 5.27. The summed E-state index contributed by atoms with van der Waals surface area (Å²) in [6, 6.07) is 0. The van der Waals surface area contributed by atoms with Crippen molar-refractivity contribution in [2.24, 2.45) is 5.41 Å². The molecule has 1 rings (SSSR count). The molecule has 0 aromatic carbocycles. The van der Waals surface area contributed by atoms with E-state index in [9.17, 15) is 0 Å². The summed E-state index contributed by atoms with van der Waals surface area (Å²) in [5, 5.41) is 0. The second kappa shape index (κ2) is 2.50. The minimum atomic E-state index is 0.486. The molecule has 0 saturated heterocycles. The molecular weight excluding hydrogens is 120 g/mol. The predicted molar refractivity (Wildman–Crippen MR) is 44.5 cm³/mol. The lowest BCUT2D eigenvalue weighted by Gasteiger charge is -2.26. The van der Waals surface area contributed by atoms with Gasteiger partial charge in [0, 0.05) is 0 Å². The first kappa shape index (κ1) is 7.41. The Morgan fingerprint density at radius 2 is 2.30 bits per heavy atom. The molecule has 0 amide bonds. The summed E-state index contributed by atoms with van der Waals surface area (Å²) < 4.78 is 0. The first-order valence-electron chi connectivity index (χ1n) is 3.80. The van der Waals surface area contributed by atoms with Gasteiger partial charge in [-0.15, -0.1) is 6.42 Å². The van der Waals surface area contributed by atoms with Gasteiger partial charge >= 0.3 is 0 Å². The molecular formula is C10H14. The van der Waals surface area contributed by atoms with E-state index in [0.29, 0.717) is 5.41 Å². The smallest absolute Gasteiger partial charge is 0.00219 e. The fraction of sp³-hybridized carbons (Fsp3) is 0.600. The van der Waals surface area contributed by atoms with Crippen molar-refractivity contribution in [2.45, 2.75) is 33.1 Å². The average Bonchev–Trinajstić information content (AvgIpc) is 1.88. The Balaban J connectivity index is 2.63. The van der Waals surface area contributed by atoms with Gasteiger partial charge in [-0.25, -0.2) is 0 Å². The lowest BCUT2D eigenvalue weighted by Crippen LogP contribution is -2.13. The van der Waals surface area contributed by atoms with E-state index in [4.69, 9.17) is 6.42 Å². The van der Waals surface area contributed by atoms with Crippen LogP contribution in [0.15, 0.2) is 11.6 Å². The maximum absolute atomic E-state index is 5.27. The van der Waals surface area contributed by atoms with Crippen molar-refractivity contribution in [3.63, 3.8) is 0 Å². The predicted octanol–water partition coefficient (Wildman–Crippen LogP) is 2.76. The molecule has 0 heterocycles. The molecule has 0 aromatic heterocycles. The van der Waals surface area contributed by atoms with E-state index >= 15 is 0 Å². The van der Waals surface area contributed by atoms with Crippen LogP contribution in [0.25, 0.3) is 0 Å². The molecule has 0 radical (unpaired) electrons. The van der Waals surface area contributed by atoms with Gasteiger partial charge in [0.15, 0.2) is 0 Å². The minimum absolute atomic E-state index is 0.486. The molecule has 0 unspecified atom stereocenters. The van der Waals surface area contributed by atoms with Gasteiger partial charge in [-0.05, 0) is 30.3 Å². The number of hydrogen-bond acceptors (Lipinski definition) is 0. The van der Waals surface area contributed by atoms with E-state index in [2.05, 4.69) is 25.8 Å². The number of terminal acetylenes is 1. The van der Waals surface area contributed by atoms with Gasteiger partial charge in [-0.2, -0.15) is 0 Å². The topological polar surface area (TPSA) is 0 Å². The molecule has 54 valence electrons. The Hall–Kier alpha value is -0.700. The molecule has 1 aliphatic carbocycles. The summed E-state index contributed by atoms with van der Waals surface area (Å²) in [6.45, 7) is 4.58. The van der Waals surface area contributed by atoms with Crippen LogP contribution in [0.2, 0.25) is 0 Å². The van der Waals surface area contributed by atoms with E-state index in [1.54, 1.807) is 0 Å². The van der Waals surface area contributed by atoms with E-state index in [1.807, 2.05) is 0 Å². The first-order valence-corrected chi connectivity index (χ1v) is 3.80. The second-order valence-corrected chi connectivity index (χ2v) is 3.74.